The minimum Gasteiger partial charge on any atom is -0.417 e. The molecule has 0 aromatic heterocycles. The lowest BCUT2D eigenvalue weighted by Gasteiger charge is -2.43. The van der Waals surface area contributed by atoms with Crippen LogP contribution in [-0.2, 0) is 24.5 Å². The first kappa shape index (κ1) is 24.4. The van der Waals surface area contributed by atoms with E-state index in [1.54, 1.807) is 0 Å². The first-order chi connectivity index (χ1) is 11.6. The molecule has 0 heterocycles. The number of aryl methyl sites for hydroxylation is 1. The van der Waals surface area contributed by atoms with E-state index in [0.717, 1.165) is 18.2 Å². The molecule has 3 nitrogen and oxygen atoms in total. The SMILES string of the molecule is C[Si](C)(C)O[Si](CCc1ccc(CS)cc1)(O[Si](C)(C)C)O[Si](C)(C)C. The Balaban J connectivity index is 3.12. The van der Waals surface area contributed by atoms with Crippen molar-refractivity contribution in [1.82, 2.24) is 0 Å². The fraction of sp³-hybridized carbons (Fsp3) is 0.667. The van der Waals surface area contributed by atoms with Crippen LogP contribution in [0, 0.1) is 0 Å². The summed E-state index contributed by atoms with van der Waals surface area (Å²) in [5.41, 5.74) is 2.56. The normalized spacial score (nSPS) is 13.9. The Labute approximate surface area is 171 Å². The number of hydrogen-bond acceptors (Lipinski definition) is 4. The van der Waals surface area contributed by atoms with E-state index in [4.69, 9.17) is 12.3 Å². The first-order valence-electron chi connectivity index (χ1n) is 9.42. The molecule has 26 heavy (non-hydrogen) atoms. The molecule has 150 valence electrons. The van der Waals surface area contributed by atoms with Gasteiger partial charge in [-0.2, -0.15) is 12.6 Å². The second-order valence-electron chi connectivity index (χ2n) is 9.80. The molecule has 0 radical (unpaired) electrons. The van der Waals surface area contributed by atoms with Gasteiger partial charge in [-0.25, -0.2) is 0 Å². The van der Waals surface area contributed by atoms with Crippen LogP contribution in [0.2, 0.25) is 65.0 Å². The fourth-order valence-corrected chi connectivity index (χ4v) is 17.6. The van der Waals surface area contributed by atoms with Gasteiger partial charge in [0.2, 0.25) is 0 Å². The van der Waals surface area contributed by atoms with Gasteiger partial charge in [-0.3, -0.25) is 0 Å². The number of thiol groups is 1. The molecule has 0 bridgehead atoms. The van der Waals surface area contributed by atoms with Gasteiger partial charge in [0.15, 0.2) is 25.0 Å². The van der Waals surface area contributed by atoms with E-state index in [1.165, 1.54) is 11.1 Å². The predicted octanol–water partition coefficient (Wildman–Crippen LogP) is 6.15. The van der Waals surface area contributed by atoms with Crippen LogP contribution in [0.5, 0.6) is 0 Å². The first-order valence-corrected chi connectivity index (χ1v) is 22.2. The van der Waals surface area contributed by atoms with Gasteiger partial charge in [-0.1, -0.05) is 24.3 Å². The van der Waals surface area contributed by atoms with E-state index in [0.29, 0.717) is 0 Å². The molecule has 0 aliphatic rings. The Bertz CT molecular complexity index is 519. The van der Waals surface area contributed by atoms with Gasteiger partial charge in [0, 0.05) is 11.8 Å². The Hall–Kier alpha value is 0.318. The largest absolute Gasteiger partial charge is 0.469 e. The zero-order chi connectivity index (χ0) is 20.2. The summed E-state index contributed by atoms with van der Waals surface area (Å²) in [4.78, 5) is 0. The van der Waals surface area contributed by atoms with Gasteiger partial charge in [0.25, 0.3) is 0 Å². The maximum atomic E-state index is 6.73. The van der Waals surface area contributed by atoms with Crippen molar-refractivity contribution in [3.05, 3.63) is 35.4 Å². The van der Waals surface area contributed by atoms with E-state index in [9.17, 15) is 0 Å². The predicted molar refractivity (Wildman–Crippen MR) is 127 cm³/mol. The molecule has 0 amide bonds. The lowest BCUT2D eigenvalue weighted by Crippen LogP contribution is -2.60. The monoisotopic (exact) mass is 446 g/mol. The molecule has 0 aliphatic heterocycles. The molecular weight excluding hydrogens is 409 g/mol. The fourth-order valence-electron chi connectivity index (χ4n) is 2.72. The van der Waals surface area contributed by atoms with E-state index in [-0.39, 0.29) is 0 Å². The van der Waals surface area contributed by atoms with Crippen molar-refractivity contribution in [2.24, 2.45) is 0 Å². The van der Waals surface area contributed by atoms with Crippen molar-refractivity contribution in [2.75, 3.05) is 0 Å². The van der Waals surface area contributed by atoms with E-state index in [2.05, 4.69) is 95.8 Å². The summed E-state index contributed by atoms with van der Waals surface area (Å²) in [5.74, 6) is 0.773. The van der Waals surface area contributed by atoms with Crippen LogP contribution >= 0.6 is 12.6 Å². The minimum atomic E-state index is -2.74. The zero-order valence-electron chi connectivity index (χ0n) is 18.1. The van der Waals surface area contributed by atoms with Crippen LogP contribution in [0.15, 0.2) is 24.3 Å². The molecule has 0 saturated carbocycles. The van der Waals surface area contributed by atoms with Gasteiger partial charge in [-0.05, 0) is 76.5 Å². The number of hydrogen-bond donors (Lipinski definition) is 1. The van der Waals surface area contributed by atoms with Gasteiger partial charge in [0.1, 0.15) is 0 Å². The maximum Gasteiger partial charge on any atom is 0.469 e. The van der Waals surface area contributed by atoms with Crippen molar-refractivity contribution in [3.8, 4) is 0 Å². The standard InChI is InChI=1S/C18H38O3SSi4/c1-23(2,3)19-26(20-24(4,5)6,21-25(7,8)9)15-14-17-10-12-18(16-22)13-11-17/h10-13,22H,14-16H2,1-9H3. The highest BCUT2D eigenvalue weighted by Gasteiger charge is 2.49. The smallest absolute Gasteiger partial charge is 0.417 e. The Morgan fingerprint density at radius 2 is 1.00 bits per heavy atom. The molecule has 0 spiro atoms. The van der Waals surface area contributed by atoms with Crippen LogP contribution in [-0.4, -0.2) is 33.8 Å². The molecule has 0 fully saturated rings. The lowest BCUT2D eigenvalue weighted by atomic mass is 10.1. The summed E-state index contributed by atoms with van der Waals surface area (Å²) in [6.07, 6.45) is 0.929. The van der Waals surface area contributed by atoms with Gasteiger partial charge in [0.05, 0.1) is 0 Å². The molecule has 0 saturated heterocycles. The van der Waals surface area contributed by atoms with Crippen LogP contribution in [0.4, 0.5) is 0 Å². The van der Waals surface area contributed by atoms with Crippen molar-refractivity contribution >= 4 is 46.4 Å². The number of benzene rings is 1. The quantitative estimate of drug-likeness (QED) is 0.345. The van der Waals surface area contributed by atoms with Gasteiger partial charge >= 0.3 is 8.80 Å². The summed E-state index contributed by atoms with van der Waals surface area (Å²) in [6, 6.07) is 9.56. The van der Waals surface area contributed by atoms with Crippen LogP contribution in [0.25, 0.3) is 0 Å². The molecule has 0 unspecified atom stereocenters. The average molecular weight is 447 g/mol. The third-order valence-corrected chi connectivity index (χ3v) is 15.6. The van der Waals surface area contributed by atoms with Crippen LogP contribution in [0.3, 0.4) is 0 Å². The zero-order valence-corrected chi connectivity index (χ0v) is 23.0. The Kier molecular flexibility index (Phi) is 8.63. The van der Waals surface area contributed by atoms with E-state index < -0.39 is 33.8 Å². The molecular formula is C18H38O3SSi4. The topological polar surface area (TPSA) is 27.7 Å². The molecule has 1 aromatic rings. The molecule has 1 rings (SSSR count). The Morgan fingerprint density at radius 3 is 1.31 bits per heavy atom. The maximum absolute atomic E-state index is 6.73. The van der Waals surface area contributed by atoms with Gasteiger partial charge in [-0.15, -0.1) is 0 Å². The summed E-state index contributed by atoms with van der Waals surface area (Å²) in [6.45, 7) is 20.1. The molecule has 0 aliphatic carbocycles. The number of rotatable bonds is 10. The highest BCUT2D eigenvalue weighted by molar-refractivity contribution is 7.79. The Morgan fingerprint density at radius 1 is 0.654 bits per heavy atom. The van der Waals surface area contributed by atoms with Gasteiger partial charge < -0.3 is 12.3 Å². The average Bonchev–Trinajstić information content (AvgIpc) is 2.40. The summed E-state index contributed by atoms with van der Waals surface area (Å²) < 4.78 is 20.2. The van der Waals surface area contributed by atoms with Crippen molar-refractivity contribution in [3.63, 3.8) is 0 Å². The molecule has 0 atom stereocenters. The third kappa shape index (κ3) is 10.0. The van der Waals surface area contributed by atoms with Crippen LogP contribution in [0.1, 0.15) is 11.1 Å². The van der Waals surface area contributed by atoms with E-state index in [1.807, 2.05) is 0 Å². The molecule has 1 aromatic carbocycles. The highest BCUT2D eigenvalue weighted by Crippen LogP contribution is 2.30. The summed E-state index contributed by atoms with van der Waals surface area (Å²) in [7, 11) is -8.13. The van der Waals surface area contributed by atoms with Crippen LogP contribution < -0.4 is 0 Å². The second kappa shape index (κ2) is 9.21. The summed E-state index contributed by atoms with van der Waals surface area (Å²) >= 11 is 4.34. The highest BCUT2D eigenvalue weighted by atomic mass is 32.1. The molecule has 0 N–H and O–H groups in total. The van der Waals surface area contributed by atoms with Crippen molar-refractivity contribution in [2.45, 2.75) is 77.1 Å². The van der Waals surface area contributed by atoms with E-state index >= 15 is 0 Å². The molecule has 8 heteroatoms. The van der Waals surface area contributed by atoms with Crippen molar-refractivity contribution in [1.29, 1.82) is 0 Å². The lowest BCUT2D eigenvalue weighted by molar-refractivity contribution is 0.252. The second-order valence-corrected chi connectivity index (χ2v) is 27.1. The summed E-state index contributed by atoms with van der Waals surface area (Å²) in [5, 5.41) is 0. The van der Waals surface area contributed by atoms with Crippen molar-refractivity contribution < 1.29 is 12.3 Å². The third-order valence-electron chi connectivity index (χ3n) is 3.31. The minimum absolute atomic E-state index is 0.773.